The van der Waals surface area contributed by atoms with Crippen molar-refractivity contribution in [2.45, 2.75) is 89.6 Å². The first-order valence-corrected chi connectivity index (χ1v) is 15.6. The van der Waals surface area contributed by atoms with Gasteiger partial charge in [0, 0.05) is 37.1 Å². The number of carbonyl (C=O) groups is 1. The summed E-state index contributed by atoms with van der Waals surface area (Å²) in [5.74, 6) is 0.619. The number of nitrogens with one attached hydrogen (secondary N) is 1. The molecule has 0 radical (unpaired) electrons. The van der Waals surface area contributed by atoms with Crippen LogP contribution < -0.4 is 5.32 Å². The maximum atomic E-state index is 15.6. The van der Waals surface area contributed by atoms with E-state index in [1.807, 2.05) is 49.8 Å². The maximum absolute atomic E-state index is 15.6. The van der Waals surface area contributed by atoms with Crippen LogP contribution in [0.25, 0.3) is 10.9 Å². The Morgan fingerprint density at radius 1 is 1.24 bits per heavy atom. The molecule has 0 amide bonds. The number of esters is 1. The molecule has 3 aliphatic heterocycles. The zero-order chi connectivity index (χ0) is 29.3. The standard InChI is InChI=1S/C33H44FN5O3.H2/c1-33(2,3)42-32(40)30(27-11-6-8-23-18-36-39(29(23)27)26-20-41-21-26)38-17-15-24(19-38)28(34)12-5-4-10-25-14-13-22-9-7-16-35-31(22)37-25;/h6,8,11,13-14,18,24,26,28,30H,4-5,7,9-10,12,15-17,19-21H2,1-3H3,(H,35,37);1H/t24-,28?,30?;/m1./s1. The molecule has 8 nitrogen and oxygen atoms in total. The number of pyridine rings is 1. The number of hydrogen-bond donors (Lipinski definition) is 1. The molecule has 0 spiro atoms. The van der Waals surface area contributed by atoms with E-state index in [2.05, 4.69) is 27.4 Å². The average Bonchev–Trinajstić information content (AvgIpc) is 3.58. The molecule has 2 fully saturated rings. The number of anilines is 1. The van der Waals surface area contributed by atoms with E-state index in [0.29, 0.717) is 32.7 Å². The predicted octanol–water partition coefficient (Wildman–Crippen LogP) is 6.06. The van der Waals surface area contributed by atoms with Crippen molar-refractivity contribution in [3.63, 3.8) is 0 Å². The number of aryl methyl sites for hydroxylation is 2. The fourth-order valence-corrected chi connectivity index (χ4v) is 6.56. The van der Waals surface area contributed by atoms with E-state index in [1.54, 1.807) is 0 Å². The minimum absolute atomic E-state index is 0. The Labute approximate surface area is 249 Å². The van der Waals surface area contributed by atoms with E-state index in [1.165, 1.54) is 5.56 Å². The molecule has 3 aromatic rings. The number of alkyl halides is 1. The molecule has 0 bridgehead atoms. The molecule has 1 aromatic carbocycles. The van der Waals surface area contributed by atoms with Crippen molar-refractivity contribution in [1.82, 2.24) is 19.7 Å². The van der Waals surface area contributed by atoms with Crippen LogP contribution in [0.15, 0.2) is 36.5 Å². The van der Waals surface area contributed by atoms with E-state index in [0.717, 1.165) is 73.0 Å². The monoisotopic (exact) mass is 579 g/mol. The van der Waals surface area contributed by atoms with E-state index >= 15 is 4.39 Å². The SMILES string of the molecule is CC(C)(C)OC(=O)C(c1cccc2cnn(C3COC3)c12)N1CC[C@@H](C(F)CCCCc2ccc3c(n2)NCCC3)C1.[HH]. The van der Waals surface area contributed by atoms with Gasteiger partial charge in [-0.25, -0.2) is 14.2 Å². The Kier molecular flexibility index (Phi) is 8.50. The van der Waals surface area contributed by atoms with Gasteiger partial charge in [-0.15, -0.1) is 0 Å². The number of benzene rings is 1. The quantitative estimate of drug-likeness (QED) is 0.231. The number of fused-ring (bicyclic) bond motifs is 2. The number of rotatable bonds is 10. The number of hydrogen-bond acceptors (Lipinski definition) is 7. The zero-order valence-corrected chi connectivity index (χ0v) is 25.2. The van der Waals surface area contributed by atoms with Crippen LogP contribution in [0.5, 0.6) is 0 Å². The van der Waals surface area contributed by atoms with Gasteiger partial charge in [-0.3, -0.25) is 9.58 Å². The summed E-state index contributed by atoms with van der Waals surface area (Å²) in [6.07, 6.45) is 7.04. The second kappa shape index (κ2) is 12.3. The minimum atomic E-state index is -0.902. The zero-order valence-electron chi connectivity index (χ0n) is 25.2. The highest BCUT2D eigenvalue weighted by Crippen LogP contribution is 2.37. The van der Waals surface area contributed by atoms with Crippen molar-refractivity contribution in [2.24, 2.45) is 5.92 Å². The lowest BCUT2D eigenvalue weighted by atomic mass is 9.97. The second-order valence-corrected chi connectivity index (χ2v) is 13.1. The fraction of sp³-hybridized carbons (Fsp3) is 0.606. The molecule has 2 saturated heterocycles. The lowest BCUT2D eigenvalue weighted by molar-refractivity contribution is -0.161. The summed E-state index contributed by atoms with van der Waals surface area (Å²) >= 11 is 0. The number of nitrogens with zero attached hydrogens (tertiary/aromatic N) is 4. The van der Waals surface area contributed by atoms with Gasteiger partial charge in [-0.2, -0.15) is 5.10 Å². The topological polar surface area (TPSA) is 81.5 Å². The Bertz CT molecular complexity index is 1400. The lowest BCUT2D eigenvalue weighted by Crippen LogP contribution is -2.38. The van der Waals surface area contributed by atoms with Crippen LogP contribution in [0.3, 0.4) is 0 Å². The van der Waals surface area contributed by atoms with Crippen molar-refractivity contribution in [3.05, 3.63) is 53.3 Å². The Hall–Kier alpha value is -3.04. The maximum Gasteiger partial charge on any atom is 0.328 e. The van der Waals surface area contributed by atoms with Crippen molar-refractivity contribution < 1.29 is 20.1 Å². The summed E-state index contributed by atoms with van der Waals surface area (Å²) in [5, 5.41) is 9.03. The summed E-state index contributed by atoms with van der Waals surface area (Å²) in [6, 6.07) is 9.83. The molecule has 0 aliphatic carbocycles. The normalized spacial score (nSPS) is 21.0. The van der Waals surface area contributed by atoms with Gasteiger partial charge in [-0.1, -0.05) is 30.7 Å². The van der Waals surface area contributed by atoms with Crippen LogP contribution in [-0.4, -0.2) is 70.3 Å². The fourth-order valence-electron chi connectivity index (χ4n) is 6.56. The van der Waals surface area contributed by atoms with Crippen molar-refractivity contribution in [2.75, 3.05) is 38.2 Å². The molecule has 0 saturated carbocycles. The van der Waals surface area contributed by atoms with Gasteiger partial charge in [0.25, 0.3) is 0 Å². The first kappa shape index (κ1) is 29.1. The molecule has 3 atom stereocenters. The molecule has 42 heavy (non-hydrogen) atoms. The number of unbranched alkanes of at least 4 members (excludes halogenated alkanes) is 1. The molecule has 1 N–H and O–H groups in total. The van der Waals surface area contributed by atoms with Gasteiger partial charge in [-0.05, 0) is 77.5 Å². The number of aromatic nitrogens is 3. The van der Waals surface area contributed by atoms with Crippen LogP contribution in [0.2, 0.25) is 0 Å². The molecule has 9 heteroatoms. The molecule has 3 aliphatic rings. The Morgan fingerprint density at radius 2 is 2.10 bits per heavy atom. The van der Waals surface area contributed by atoms with Crippen molar-refractivity contribution in [3.8, 4) is 0 Å². The van der Waals surface area contributed by atoms with Crippen LogP contribution in [-0.2, 0) is 27.1 Å². The van der Waals surface area contributed by atoms with Gasteiger partial charge >= 0.3 is 5.97 Å². The van der Waals surface area contributed by atoms with Crippen LogP contribution in [0.4, 0.5) is 10.2 Å². The van der Waals surface area contributed by atoms with E-state index < -0.39 is 17.8 Å². The third kappa shape index (κ3) is 6.32. The van der Waals surface area contributed by atoms with E-state index in [4.69, 9.17) is 14.5 Å². The number of para-hydroxylation sites is 1. The van der Waals surface area contributed by atoms with Crippen molar-refractivity contribution in [1.29, 1.82) is 0 Å². The summed E-state index contributed by atoms with van der Waals surface area (Å²) < 4.78 is 29.0. The summed E-state index contributed by atoms with van der Waals surface area (Å²) in [5.41, 5.74) is 3.55. The van der Waals surface area contributed by atoms with Crippen LogP contribution in [0, 0.1) is 5.92 Å². The minimum Gasteiger partial charge on any atom is -0.459 e. The summed E-state index contributed by atoms with van der Waals surface area (Å²) in [4.78, 5) is 20.7. The highest BCUT2D eigenvalue weighted by molar-refractivity contribution is 5.89. The van der Waals surface area contributed by atoms with Gasteiger partial charge in [0.2, 0.25) is 0 Å². The number of halogens is 1. The average molecular weight is 580 g/mol. The number of carbonyl (C=O) groups excluding carboxylic acids is 1. The van der Waals surface area contributed by atoms with E-state index in [9.17, 15) is 4.79 Å². The van der Waals surface area contributed by atoms with Crippen LogP contribution in [0.1, 0.15) is 83.2 Å². The smallest absolute Gasteiger partial charge is 0.328 e. The highest BCUT2D eigenvalue weighted by atomic mass is 19.1. The Morgan fingerprint density at radius 3 is 2.88 bits per heavy atom. The lowest BCUT2D eigenvalue weighted by Gasteiger charge is -2.32. The van der Waals surface area contributed by atoms with Gasteiger partial charge in [0.1, 0.15) is 23.6 Å². The molecule has 6 rings (SSSR count). The molecule has 228 valence electrons. The van der Waals surface area contributed by atoms with Gasteiger partial charge < -0.3 is 14.8 Å². The first-order chi connectivity index (χ1) is 20.3. The Balaban J connectivity index is 0.00000368. The van der Waals surface area contributed by atoms with Crippen LogP contribution >= 0.6 is 0 Å². The third-order valence-corrected chi connectivity index (χ3v) is 8.79. The largest absolute Gasteiger partial charge is 0.459 e. The first-order valence-electron chi connectivity index (χ1n) is 15.6. The molecule has 2 unspecified atom stereocenters. The summed E-state index contributed by atoms with van der Waals surface area (Å²) in [6.45, 7) is 9.04. The van der Waals surface area contributed by atoms with E-state index in [-0.39, 0.29) is 19.4 Å². The predicted molar refractivity (Wildman–Crippen MR) is 163 cm³/mol. The molecule has 2 aromatic heterocycles. The molecular formula is C33H46FN5O3. The highest BCUT2D eigenvalue weighted by Gasteiger charge is 2.40. The third-order valence-electron chi connectivity index (χ3n) is 8.79. The van der Waals surface area contributed by atoms with Crippen molar-refractivity contribution >= 4 is 22.7 Å². The molecule has 5 heterocycles. The number of likely N-dealkylation sites (tertiary alicyclic amines) is 1. The second-order valence-electron chi connectivity index (χ2n) is 13.1. The molecular weight excluding hydrogens is 533 g/mol. The van der Waals surface area contributed by atoms with Gasteiger partial charge in [0.15, 0.2) is 0 Å². The number of ether oxygens (including phenoxy) is 2. The summed E-state index contributed by atoms with van der Waals surface area (Å²) in [7, 11) is 0. The van der Waals surface area contributed by atoms with Gasteiger partial charge in [0.05, 0.1) is 31.0 Å².